The number of furan rings is 1. The Kier molecular flexibility index (Phi) is 8.71. The Morgan fingerprint density at radius 1 is 0.907 bits per heavy atom. The molecule has 4 aromatic rings. The summed E-state index contributed by atoms with van der Waals surface area (Å²) < 4.78 is 16.3. The molecule has 0 unspecified atom stereocenters. The van der Waals surface area contributed by atoms with Crippen LogP contribution in [0, 0.1) is 10.1 Å². The third-order valence-corrected chi connectivity index (χ3v) is 7.06. The van der Waals surface area contributed by atoms with E-state index in [1.54, 1.807) is 62.8 Å². The van der Waals surface area contributed by atoms with Crippen molar-refractivity contribution in [2.75, 3.05) is 50.6 Å². The van der Waals surface area contributed by atoms with E-state index in [9.17, 15) is 19.7 Å². The van der Waals surface area contributed by atoms with Crippen molar-refractivity contribution < 1.29 is 28.4 Å². The summed E-state index contributed by atoms with van der Waals surface area (Å²) in [4.78, 5) is 40.4. The highest BCUT2D eigenvalue weighted by Crippen LogP contribution is 2.31. The van der Waals surface area contributed by atoms with Gasteiger partial charge in [0.1, 0.15) is 23.0 Å². The molecule has 1 N–H and O–H groups in total. The highest BCUT2D eigenvalue weighted by molar-refractivity contribution is 6.01. The van der Waals surface area contributed by atoms with E-state index in [1.807, 2.05) is 29.2 Å². The van der Waals surface area contributed by atoms with Crippen LogP contribution in [0.3, 0.4) is 0 Å². The van der Waals surface area contributed by atoms with Gasteiger partial charge in [-0.25, -0.2) is 0 Å². The smallest absolute Gasteiger partial charge is 0.280 e. The van der Waals surface area contributed by atoms with Crippen LogP contribution in [0.15, 0.2) is 89.4 Å². The number of para-hydroxylation sites is 1. The van der Waals surface area contributed by atoms with Crippen LogP contribution in [0.4, 0.5) is 17.1 Å². The number of methoxy groups -OCH3 is 2. The molecule has 0 bridgehead atoms. The molecule has 3 aromatic carbocycles. The molecule has 0 saturated carbocycles. The number of rotatable bonds is 9. The molecule has 11 heteroatoms. The molecule has 0 radical (unpaired) electrons. The van der Waals surface area contributed by atoms with Crippen molar-refractivity contribution in [1.82, 2.24) is 4.90 Å². The highest BCUT2D eigenvalue weighted by Gasteiger charge is 2.23. The Labute approximate surface area is 248 Å². The minimum atomic E-state index is -0.464. The lowest BCUT2D eigenvalue weighted by molar-refractivity contribution is -0.384. The van der Waals surface area contributed by atoms with Gasteiger partial charge in [0.25, 0.3) is 11.6 Å². The molecule has 0 atom stereocenters. The van der Waals surface area contributed by atoms with Crippen molar-refractivity contribution in [3.05, 3.63) is 106 Å². The number of carbonyl (C=O) groups is 2. The first-order valence-corrected chi connectivity index (χ1v) is 13.5. The van der Waals surface area contributed by atoms with Crippen LogP contribution < -0.4 is 19.7 Å². The lowest BCUT2D eigenvalue weighted by Crippen LogP contribution is -2.48. The van der Waals surface area contributed by atoms with Crippen molar-refractivity contribution in [3.63, 3.8) is 0 Å². The number of nitro groups is 1. The SMILES string of the molecule is COc1cc(OC)cc(C(=O)N2CCN(c3ccc(NC(=O)/C=C/c4ccc(-c5ccccc5[N+](=O)[O-])o4)cc3)CC2)c1. The fourth-order valence-electron chi connectivity index (χ4n) is 4.81. The Balaban J connectivity index is 1.14. The molecule has 2 amide bonds. The van der Waals surface area contributed by atoms with Gasteiger partial charge in [0, 0.05) is 61.3 Å². The lowest BCUT2D eigenvalue weighted by atomic mass is 10.1. The zero-order valence-corrected chi connectivity index (χ0v) is 23.7. The average molecular weight is 583 g/mol. The number of nitrogens with one attached hydrogen (secondary N) is 1. The average Bonchev–Trinajstić information content (AvgIpc) is 3.52. The molecule has 11 nitrogen and oxygen atoms in total. The van der Waals surface area contributed by atoms with Crippen molar-refractivity contribution >= 4 is 35.0 Å². The summed E-state index contributed by atoms with van der Waals surface area (Å²) in [5.41, 5.74) is 2.44. The molecular formula is C32H30N4O7. The van der Waals surface area contributed by atoms with Gasteiger partial charge in [-0.1, -0.05) is 12.1 Å². The molecule has 1 aliphatic heterocycles. The molecule has 220 valence electrons. The number of piperazine rings is 1. The summed E-state index contributed by atoms with van der Waals surface area (Å²) >= 11 is 0. The molecular weight excluding hydrogens is 552 g/mol. The highest BCUT2D eigenvalue weighted by atomic mass is 16.6. The second kappa shape index (κ2) is 12.9. The zero-order chi connectivity index (χ0) is 30.3. The molecule has 2 heterocycles. The van der Waals surface area contributed by atoms with E-state index in [1.165, 1.54) is 18.2 Å². The zero-order valence-electron chi connectivity index (χ0n) is 23.7. The van der Waals surface area contributed by atoms with Gasteiger partial charge in [0.15, 0.2) is 0 Å². The predicted octanol–water partition coefficient (Wildman–Crippen LogP) is 5.49. The van der Waals surface area contributed by atoms with E-state index < -0.39 is 4.92 Å². The van der Waals surface area contributed by atoms with E-state index >= 15 is 0 Å². The van der Waals surface area contributed by atoms with Crippen molar-refractivity contribution in [2.45, 2.75) is 0 Å². The summed E-state index contributed by atoms with van der Waals surface area (Å²) in [5, 5.41) is 14.1. The van der Waals surface area contributed by atoms with Gasteiger partial charge in [0.2, 0.25) is 5.91 Å². The summed E-state index contributed by atoms with van der Waals surface area (Å²) in [6.07, 6.45) is 2.84. The maximum absolute atomic E-state index is 13.1. The first-order chi connectivity index (χ1) is 20.8. The standard InChI is InChI=1S/C32H30N4O7/c1-41-26-19-22(20-27(21-26)42-2)32(38)35-17-15-34(16-18-35)24-9-7-23(8-10-24)33-31(37)14-12-25-11-13-30(43-25)28-5-3-4-6-29(28)36(39)40/h3-14,19-21H,15-18H2,1-2H3,(H,33,37)/b14-12+. The molecule has 1 saturated heterocycles. The Hall–Kier alpha value is -5.58. The molecule has 0 aliphatic carbocycles. The van der Waals surface area contributed by atoms with Crippen LogP contribution in [0.1, 0.15) is 16.1 Å². The van der Waals surface area contributed by atoms with Crippen LogP contribution >= 0.6 is 0 Å². The maximum atomic E-state index is 13.1. The predicted molar refractivity (Wildman–Crippen MR) is 163 cm³/mol. The largest absolute Gasteiger partial charge is 0.497 e. The second-order valence-electron chi connectivity index (χ2n) is 9.73. The van der Waals surface area contributed by atoms with Gasteiger partial charge in [0.05, 0.1) is 24.7 Å². The number of benzene rings is 3. The summed E-state index contributed by atoms with van der Waals surface area (Å²) in [6.45, 7) is 2.46. The van der Waals surface area contributed by atoms with Crippen LogP contribution in [0.2, 0.25) is 0 Å². The van der Waals surface area contributed by atoms with Crippen LogP contribution in [-0.4, -0.2) is 62.0 Å². The number of nitrogens with zero attached hydrogens (tertiary/aromatic N) is 3. The lowest BCUT2D eigenvalue weighted by Gasteiger charge is -2.36. The fraction of sp³-hybridized carbons (Fsp3) is 0.188. The number of nitro benzene ring substituents is 1. The van der Waals surface area contributed by atoms with E-state index in [-0.39, 0.29) is 17.5 Å². The normalized spacial score (nSPS) is 13.2. The summed E-state index contributed by atoms with van der Waals surface area (Å²) in [7, 11) is 3.10. The summed E-state index contributed by atoms with van der Waals surface area (Å²) in [6, 6.07) is 22.2. The van der Waals surface area contributed by atoms with Crippen LogP contribution in [-0.2, 0) is 4.79 Å². The molecule has 1 aromatic heterocycles. The van der Waals surface area contributed by atoms with Gasteiger partial charge in [-0.05, 0) is 60.7 Å². The number of anilines is 2. The number of carbonyl (C=O) groups excluding carboxylic acids is 2. The van der Waals surface area contributed by atoms with Crippen LogP contribution in [0.25, 0.3) is 17.4 Å². The fourth-order valence-corrected chi connectivity index (χ4v) is 4.81. The molecule has 5 rings (SSSR count). The Bertz CT molecular complexity index is 1630. The van der Waals surface area contributed by atoms with Gasteiger partial charge >= 0.3 is 0 Å². The van der Waals surface area contributed by atoms with Crippen LogP contribution in [0.5, 0.6) is 11.5 Å². The van der Waals surface area contributed by atoms with E-state index in [0.29, 0.717) is 66.0 Å². The van der Waals surface area contributed by atoms with Gasteiger partial charge in [-0.15, -0.1) is 0 Å². The number of hydrogen-bond donors (Lipinski definition) is 1. The molecule has 1 aliphatic rings. The van der Waals surface area contributed by atoms with Crippen molar-refractivity contribution in [3.8, 4) is 22.8 Å². The molecule has 0 spiro atoms. The summed E-state index contributed by atoms with van der Waals surface area (Å²) in [5.74, 6) is 1.44. The number of ether oxygens (including phenoxy) is 2. The molecule has 43 heavy (non-hydrogen) atoms. The minimum Gasteiger partial charge on any atom is -0.497 e. The first kappa shape index (κ1) is 28.9. The number of hydrogen-bond acceptors (Lipinski definition) is 8. The van der Waals surface area contributed by atoms with E-state index in [4.69, 9.17) is 13.9 Å². The third-order valence-electron chi connectivity index (χ3n) is 7.06. The second-order valence-corrected chi connectivity index (χ2v) is 9.73. The Morgan fingerprint density at radius 2 is 1.58 bits per heavy atom. The van der Waals surface area contributed by atoms with Gasteiger partial charge in [-0.3, -0.25) is 19.7 Å². The monoisotopic (exact) mass is 582 g/mol. The quantitative estimate of drug-likeness (QED) is 0.156. The Morgan fingerprint density at radius 3 is 2.23 bits per heavy atom. The third kappa shape index (κ3) is 6.84. The minimum absolute atomic E-state index is 0.0572. The van der Waals surface area contributed by atoms with Crippen molar-refractivity contribution in [2.24, 2.45) is 0 Å². The molecule has 1 fully saturated rings. The number of amides is 2. The first-order valence-electron chi connectivity index (χ1n) is 13.5. The van der Waals surface area contributed by atoms with Gasteiger partial charge < -0.3 is 29.0 Å². The van der Waals surface area contributed by atoms with E-state index in [2.05, 4.69) is 10.2 Å². The van der Waals surface area contributed by atoms with E-state index in [0.717, 1.165) is 5.69 Å². The van der Waals surface area contributed by atoms with Crippen molar-refractivity contribution in [1.29, 1.82) is 0 Å². The maximum Gasteiger partial charge on any atom is 0.280 e. The topological polar surface area (TPSA) is 127 Å². The van der Waals surface area contributed by atoms with Gasteiger partial charge in [-0.2, -0.15) is 0 Å².